The van der Waals surface area contributed by atoms with Crippen LogP contribution in [0.15, 0.2) is 47.1 Å². The predicted molar refractivity (Wildman–Crippen MR) is 114 cm³/mol. The number of benzene rings is 2. The van der Waals surface area contributed by atoms with Crippen molar-refractivity contribution < 1.29 is 0 Å². The Hall–Kier alpha value is -2.08. The first-order valence-electron chi connectivity index (χ1n) is 9.80. The lowest BCUT2D eigenvalue weighted by Crippen LogP contribution is -2.15. The maximum Gasteiger partial charge on any atom is 0.0117 e. The van der Waals surface area contributed by atoms with Crippen LogP contribution in [0.25, 0.3) is 16.7 Å². The van der Waals surface area contributed by atoms with Crippen molar-refractivity contribution in [1.82, 2.24) is 0 Å². The van der Waals surface area contributed by atoms with Gasteiger partial charge in [0.25, 0.3) is 0 Å². The fourth-order valence-electron chi connectivity index (χ4n) is 5.28. The zero-order chi connectivity index (χ0) is 19.0. The Morgan fingerprint density at radius 1 is 0.808 bits per heavy atom. The molecule has 4 rings (SSSR count). The second kappa shape index (κ2) is 5.46. The summed E-state index contributed by atoms with van der Waals surface area (Å²) in [4.78, 5) is 0. The van der Waals surface area contributed by atoms with E-state index in [4.69, 9.17) is 0 Å². The molecule has 0 N–H and O–H groups in total. The van der Waals surface area contributed by atoms with Crippen LogP contribution < -0.4 is 0 Å². The van der Waals surface area contributed by atoms with Crippen LogP contribution in [0.2, 0.25) is 0 Å². The fourth-order valence-corrected chi connectivity index (χ4v) is 5.28. The van der Waals surface area contributed by atoms with Crippen LogP contribution in [0, 0.1) is 19.3 Å². The second-order valence-corrected chi connectivity index (χ2v) is 8.91. The standard InChI is InChI=1S/C26H30/c1-14-9-11-20-21-12-10-15(2)23(24(21)18(5)22(20)13-14)25-17(4)16(3)19(6)26(25,7)8/h9-13,18H,1-8H3. The Bertz CT molecular complexity index is 1010. The van der Waals surface area contributed by atoms with Gasteiger partial charge in [0.15, 0.2) is 0 Å². The number of aryl methyl sites for hydroxylation is 2. The molecule has 0 saturated carbocycles. The molecule has 0 amide bonds. The molecule has 2 aromatic carbocycles. The van der Waals surface area contributed by atoms with Crippen LogP contribution >= 0.6 is 0 Å². The van der Waals surface area contributed by atoms with Crippen molar-refractivity contribution in [3.8, 4) is 11.1 Å². The van der Waals surface area contributed by atoms with Crippen molar-refractivity contribution in [3.05, 3.63) is 74.9 Å². The van der Waals surface area contributed by atoms with Crippen LogP contribution in [0.3, 0.4) is 0 Å². The Labute approximate surface area is 158 Å². The number of allylic oxidation sites excluding steroid dienone is 4. The molecule has 0 saturated heterocycles. The lowest BCUT2D eigenvalue weighted by Gasteiger charge is -2.30. The summed E-state index contributed by atoms with van der Waals surface area (Å²) in [5.74, 6) is 0.451. The van der Waals surface area contributed by atoms with Crippen molar-refractivity contribution >= 4 is 5.57 Å². The molecule has 0 spiro atoms. The van der Waals surface area contributed by atoms with Gasteiger partial charge in [0, 0.05) is 11.3 Å². The first-order valence-corrected chi connectivity index (χ1v) is 9.80. The van der Waals surface area contributed by atoms with E-state index in [9.17, 15) is 0 Å². The van der Waals surface area contributed by atoms with Crippen LogP contribution in [-0.2, 0) is 0 Å². The largest absolute Gasteiger partial charge is 0.0600 e. The lowest BCUT2D eigenvalue weighted by atomic mass is 9.74. The van der Waals surface area contributed by atoms with Crippen molar-refractivity contribution in [1.29, 1.82) is 0 Å². The molecule has 0 radical (unpaired) electrons. The molecular formula is C26H30. The smallest absolute Gasteiger partial charge is 0.0117 e. The van der Waals surface area contributed by atoms with E-state index in [0.29, 0.717) is 5.92 Å². The minimum atomic E-state index is 0.0957. The van der Waals surface area contributed by atoms with E-state index in [1.54, 1.807) is 5.57 Å². The van der Waals surface area contributed by atoms with Gasteiger partial charge in [-0.15, -0.1) is 0 Å². The minimum absolute atomic E-state index is 0.0957. The Balaban J connectivity index is 2.04. The molecule has 2 aliphatic carbocycles. The predicted octanol–water partition coefficient (Wildman–Crippen LogP) is 7.59. The quantitative estimate of drug-likeness (QED) is 0.501. The molecule has 0 bridgehead atoms. The molecular weight excluding hydrogens is 312 g/mol. The van der Waals surface area contributed by atoms with Gasteiger partial charge >= 0.3 is 0 Å². The molecule has 1 unspecified atom stereocenters. The van der Waals surface area contributed by atoms with Crippen LogP contribution in [0.5, 0.6) is 0 Å². The summed E-state index contributed by atoms with van der Waals surface area (Å²) in [5, 5.41) is 0. The number of hydrogen-bond donors (Lipinski definition) is 0. The monoisotopic (exact) mass is 342 g/mol. The van der Waals surface area contributed by atoms with E-state index < -0.39 is 0 Å². The summed E-state index contributed by atoms with van der Waals surface area (Å²) in [6.07, 6.45) is 0. The molecule has 0 heterocycles. The third-order valence-corrected chi connectivity index (χ3v) is 7.16. The highest BCUT2D eigenvalue weighted by atomic mass is 14.4. The van der Waals surface area contributed by atoms with Crippen molar-refractivity contribution in [3.63, 3.8) is 0 Å². The fraction of sp³-hybridized carbons (Fsp3) is 0.385. The second-order valence-electron chi connectivity index (χ2n) is 8.91. The van der Waals surface area contributed by atoms with E-state index in [-0.39, 0.29) is 5.41 Å². The van der Waals surface area contributed by atoms with Crippen molar-refractivity contribution in [2.45, 2.75) is 61.3 Å². The summed E-state index contributed by atoms with van der Waals surface area (Å²) < 4.78 is 0. The zero-order valence-electron chi connectivity index (χ0n) is 17.5. The minimum Gasteiger partial charge on any atom is -0.0600 e. The van der Waals surface area contributed by atoms with Crippen LogP contribution in [-0.4, -0.2) is 0 Å². The zero-order valence-corrected chi connectivity index (χ0v) is 17.5. The summed E-state index contributed by atoms with van der Waals surface area (Å²) >= 11 is 0. The molecule has 0 nitrogen and oxygen atoms in total. The topological polar surface area (TPSA) is 0 Å². The van der Waals surface area contributed by atoms with Gasteiger partial charge in [0.2, 0.25) is 0 Å². The highest BCUT2D eigenvalue weighted by Crippen LogP contribution is 2.56. The van der Waals surface area contributed by atoms with Gasteiger partial charge in [-0.25, -0.2) is 0 Å². The SMILES string of the molecule is CC1=C(C)C(C)(C)C(c2c(C)ccc3c2C(C)c2cc(C)ccc2-3)=C1C. The van der Waals surface area contributed by atoms with Crippen molar-refractivity contribution in [2.75, 3.05) is 0 Å². The third-order valence-electron chi connectivity index (χ3n) is 7.16. The summed E-state index contributed by atoms with van der Waals surface area (Å²) in [5.41, 5.74) is 16.3. The average Bonchev–Trinajstić information content (AvgIpc) is 2.94. The maximum atomic E-state index is 2.40. The van der Waals surface area contributed by atoms with E-state index in [2.05, 4.69) is 85.7 Å². The highest BCUT2D eigenvalue weighted by molar-refractivity contribution is 5.91. The lowest BCUT2D eigenvalue weighted by molar-refractivity contribution is 0.607. The molecule has 0 fully saturated rings. The van der Waals surface area contributed by atoms with Gasteiger partial charge in [0.1, 0.15) is 0 Å². The van der Waals surface area contributed by atoms with Gasteiger partial charge in [-0.1, -0.05) is 62.2 Å². The van der Waals surface area contributed by atoms with Gasteiger partial charge in [0.05, 0.1) is 0 Å². The molecule has 2 aromatic rings. The molecule has 134 valence electrons. The molecule has 0 aromatic heterocycles. The first kappa shape index (κ1) is 17.3. The van der Waals surface area contributed by atoms with E-state index in [0.717, 1.165) is 0 Å². The summed E-state index contributed by atoms with van der Waals surface area (Å²) in [7, 11) is 0. The Morgan fingerprint density at radius 2 is 1.46 bits per heavy atom. The molecule has 2 aliphatic rings. The molecule has 26 heavy (non-hydrogen) atoms. The maximum absolute atomic E-state index is 2.40. The Morgan fingerprint density at radius 3 is 2.08 bits per heavy atom. The van der Waals surface area contributed by atoms with Gasteiger partial charge < -0.3 is 0 Å². The summed E-state index contributed by atoms with van der Waals surface area (Å²) in [6.45, 7) is 18.6. The number of fused-ring (bicyclic) bond motifs is 3. The van der Waals surface area contributed by atoms with Gasteiger partial charge in [-0.3, -0.25) is 0 Å². The van der Waals surface area contributed by atoms with E-state index in [1.165, 1.54) is 55.7 Å². The molecule has 1 atom stereocenters. The highest BCUT2D eigenvalue weighted by Gasteiger charge is 2.39. The van der Waals surface area contributed by atoms with Crippen molar-refractivity contribution in [2.24, 2.45) is 5.41 Å². The van der Waals surface area contributed by atoms with Crippen LogP contribution in [0.4, 0.5) is 0 Å². The number of rotatable bonds is 1. The number of hydrogen-bond acceptors (Lipinski definition) is 0. The third kappa shape index (κ3) is 2.08. The summed E-state index contributed by atoms with van der Waals surface area (Å²) in [6, 6.07) is 11.6. The van der Waals surface area contributed by atoms with Gasteiger partial charge in [-0.2, -0.15) is 0 Å². The molecule has 0 heteroatoms. The Kier molecular flexibility index (Phi) is 3.64. The average molecular weight is 343 g/mol. The van der Waals surface area contributed by atoms with Gasteiger partial charge in [-0.05, 0) is 84.7 Å². The van der Waals surface area contributed by atoms with E-state index >= 15 is 0 Å². The van der Waals surface area contributed by atoms with Crippen LogP contribution in [0.1, 0.15) is 75.3 Å². The first-order chi connectivity index (χ1) is 12.2. The van der Waals surface area contributed by atoms with E-state index in [1.807, 2.05) is 0 Å². The normalized spacial score (nSPS) is 20.7. The molecule has 0 aliphatic heterocycles.